The maximum Gasteiger partial charge on any atom is 0.326 e. The highest BCUT2D eigenvalue weighted by molar-refractivity contribution is 5.95. The smallest absolute Gasteiger partial charge is 0.326 e. The highest BCUT2D eigenvalue weighted by Gasteiger charge is 2.46. The quantitative estimate of drug-likeness (QED) is 0.524. The summed E-state index contributed by atoms with van der Waals surface area (Å²) < 4.78 is 5.28. The molecule has 0 amide bonds. The molecule has 3 atom stereocenters. The van der Waals surface area contributed by atoms with Gasteiger partial charge in [0.15, 0.2) is 5.92 Å². The van der Waals surface area contributed by atoms with E-state index in [1.54, 1.807) is 24.3 Å². The summed E-state index contributed by atoms with van der Waals surface area (Å²) in [4.78, 5) is 26.3. The number of hydrogen-bond acceptors (Lipinski definition) is 4. The molecule has 0 spiro atoms. The van der Waals surface area contributed by atoms with Gasteiger partial charge in [-0.05, 0) is 50.8 Å². The molecule has 0 saturated carbocycles. The Bertz CT molecular complexity index is 545. The van der Waals surface area contributed by atoms with Gasteiger partial charge < -0.3 is 14.7 Å². The molecule has 1 aromatic carbocycles. The number of piperidine rings is 1. The second-order valence-electron chi connectivity index (χ2n) is 6.33. The van der Waals surface area contributed by atoms with Gasteiger partial charge >= 0.3 is 11.9 Å². The largest absolute Gasteiger partial charge is 0.481 e. The van der Waals surface area contributed by atoms with Crippen LogP contribution in [0.1, 0.15) is 25.7 Å². The summed E-state index contributed by atoms with van der Waals surface area (Å²) in [5.74, 6) is -2.53. The molecular weight excluding hydrogens is 282 g/mol. The number of para-hydroxylation sites is 1. The monoisotopic (exact) mass is 303 g/mol. The highest BCUT2D eigenvalue weighted by Crippen LogP contribution is 2.40. The number of aliphatic carboxylic acids is 1. The van der Waals surface area contributed by atoms with Crippen LogP contribution in [-0.2, 0) is 9.59 Å². The summed E-state index contributed by atoms with van der Waals surface area (Å²) in [7, 11) is 2.09. The van der Waals surface area contributed by atoms with Crippen LogP contribution in [0.5, 0.6) is 5.75 Å². The molecule has 22 heavy (non-hydrogen) atoms. The van der Waals surface area contributed by atoms with E-state index in [0.29, 0.717) is 17.8 Å². The third-order valence-electron chi connectivity index (χ3n) is 5.09. The minimum absolute atomic E-state index is 0.137. The van der Waals surface area contributed by atoms with E-state index < -0.39 is 17.9 Å². The maximum absolute atomic E-state index is 12.4. The predicted octanol–water partition coefficient (Wildman–Crippen LogP) is 2.17. The number of rotatable bonds is 4. The average molecular weight is 303 g/mol. The molecule has 3 rings (SSSR count). The van der Waals surface area contributed by atoms with Crippen LogP contribution in [-0.4, -0.2) is 41.1 Å². The van der Waals surface area contributed by atoms with Crippen molar-refractivity contribution in [1.82, 2.24) is 4.90 Å². The van der Waals surface area contributed by atoms with E-state index in [-0.39, 0.29) is 5.92 Å². The van der Waals surface area contributed by atoms with E-state index >= 15 is 0 Å². The molecule has 0 aromatic heterocycles. The first-order valence-electron chi connectivity index (χ1n) is 7.77. The van der Waals surface area contributed by atoms with Gasteiger partial charge in [-0.15, -0.1) is 0 Å². The Morgan fingerprint density at radius 2 is 1.77 bits per heavy atom. The maximum atomic E-state index is 12.4. The van der Waals surface area contributed by atoms with Gasteiger partial charge in [0.2, 0.25) is 0 Å². The molecule has 5 nitrogen and oxygen atoms in total. The van der Waals surface area contributed by atoms with E-state index in [1.165, 1.54) is 0 Å². The van der Waals surface area contributed by atoms with Crippen LogP contribution in [0.25, 0.3) is 0 Å². The lowest BCUT2D eigenvalue weighted by molar-refractivity contribution is -0.157. The summed E-state index contributed by atoms with van der Waals surface area (Å²) in [6, 6.07) is 9.46. The number of hydrogen-bond donors (Lipinski definition) is 1. The van der Waals surface area contributed by atoms with Crippen LogP contribution in [0.2, 0.25) is 0 Å². The SMILES string of the molecule is CN1C2CCC1CC(C(C(=O)O)C(=O)Oc1ccccc1)C2. The zero-order valence-electron chi connectivity index (χ0n) is 12.6. The summed E-state index contributed by atoms with van der Waals surface area (Å²) >= 11 is 0. The first-order valence-corrected chi connectivity index (χ1v) is 7.77. The summed E-state index contributed by atoms with van der Waals surface area (Å²) in [5, 5.41) is 9.52. The normalized spacial score (nSPS) is 29.0. The van der Waals surface area contributed by atoms with Crippen molar-refractivity contribution in [1.29, 1.82) is 0 Å². The van der Waals surface area contributed by atoms with Gasteiger partial charge in [0, 0.05) is 12.1 Å². The van der Waals surface area contributed by atoms with Crippen molar-refractivity contribution in [3.8, 4) is 5.75 Å². The lowest BCUT2D eigenvalue weighted by Crippen LogP contribution is -2.45. The number of nitrogens with zero attached hydrogens (tertiary/aromatic N) is 1. The van der Waals surface area contributed by atoms with Crippen LogP contribution in [0.4, 0.5) is 0 Å². The molecule has 2 aliphatic rings. The van der Waals surface area contributed by atoms with E-state index in [2.05, 4.69) is 11.9 Å². The number of ether oxygens (including phenoxy) is 1. The van der Waals surface area contributed by atoms with Crippen molar-refractivity contribution in [2.45, 2.75) is 37.8 Å². The lowest BCUT2D eigenvalue weighted by Gasteiger charge is -2.37. The number of carboxylic acid groups (broad SMARTS) is 1. The number of carbonyl (C=O) groups is 2. The molecule has 1 aromatic rings. The molecule has 2 aliphatic heterocycles. The molecule has 2 saturated heterocycles. The van der Waals surface area contributed by atoms with Gasteiger partial charge in [-0.3, -0.25) is 9.59 Å². The Hall–Kier alpha value is -1.88. The minimum Gasteiger partial charge on any atom is -0.481 e. The van der Waals surface area contributed by atoms with Crippen molar-refractivity contribution in [2.75, 3.05) is 7.05 Å². The van der Waals surface area contributed by atoms with Crippen LogP contribution in [0.15, 0.2) is 30.3 Å². The van der Waals surface area contributed by atoms with E-state index in [4.69, 9.17) is 4.74 Å². The fourth-order valence-corrected chi connectivity index (χ4v) is 3.89. The summed E-state index contributed by atoms with van der Waals surface area (Å²) in [6.07, 6.45) is 3.71. The number of esters is 1. The third-order valence-corrected chi connectivity index (χ3v) is 5.09. The van der Waals surface area contributed by atoms with Crippen molar-refractivity contribution < 1.29 is 19.4 Å². The van der Waals surface area contributed by atoms with Crippen LogP contribution in [0.3, 0.4) is 0 Å². The van der Waals surface area contributed by atoms with Crippen LogP contribution in [0, 0.1) is 11.8 Å². The Labute approximate surface area is 129 Å². The van der Waals surface area contributed by atoms with Gasteiger partial charge in [0.1, 0.15) is 5.75 Å². The Balaban J connectivity index is 1.73. The molecule has 118 valence electrons. The second kappa shape index (κ2) is 6.08. The van der Waals surface area contributed by atoms with Gasteiger partial charge in [-0.25, -0.2) is 0 Å². The van der Waals surface area contributed by atoms with Crippen molar-refractivity contribution >= 4 is 11.9 Å². The first kappa shape index (κ1) is 15.0. The molecule has 3 unspecified atom stereocenters. The summed E-state index contributed by atoms with van der Waals surface area (Å²) in [6.45, 7) is 0. The standard InChI is InChI=1S/C17H21NO4/c1-18-12-7-8-13(18)10-11(9-12)15(16(19)20)17(21)22-14-5-3-2-4-6-14/h2-6,11-13,15H,7-10H2,1H3,(H,19,20). The van der Waals surface area contributed by atoms with Crippen LogP contribution < -0.4 is 4.74 Å². The summed E-state index contributed by atoms with van der Waals surface area (Å²) in [5.41, 5.74) is 0. The third kappa shape index (κ3) is 2.86. The molecule has 5 heteroatoms. The van der Waals surface area contributed by atoms with Gasteiger partial charge in [0.05, 0.1) is 0 Å². The van der Waals surface area contributed by atoms with E-state index in [9.17, 15) is 14.7 Å². The fourth-order valence-electron chi connectivity index (χ4n) is 3.89. The molecule has 0 radical (unpaired) electrons. The van der Waals surface area contributed by atoms with Crippen LogP contribution >= 0.6 is 0 Å². The number of carboxylic acids is 1. The first-order chi connectivity index (χ1) is 10.6. The zero-order valence-corrected chi connectivity index (χ0v) is 12.6. The topological polar surface area (TPSA) is 66.8 Å². The predicted molar refractivity (Wildman–Crippen MR) is 80.5 cm³/mol. The number of carbonyl (C=O) groups excluding carboxylic acids is 1. The molecular formula is C17H21NO4. The van der Waals surface area contributed by atoms with Gasteiger partial charge in [0.25, 0.3) is 0 Å². The van der Waals surface area contributed by atoms with Crippen molar-refractivity contribution in [3.05, 3.63) is 30.3 Å². The molecule has 0 aliphatic carbocycles. The van der Waals surface area contributed by atoms with E-state index in [0.717, 1.165) is 25.7 Å². The lowest BCUT2D eigenvalue weighted by atomic mass is 9.81. The fraction of sp³-hybridized carbons (Fsp3) is 0.529. The molecule has 2 fully saturated rings. The van der Waals surface area contributed by atoms with E-state index in [1.807, 2.05) is 6.07 Å². The Kier molecular flexibility index (Phi) is 4.16. The second-order valence-corrected chi connectivity index (χ2v) is 6.33. The Morgan fingerprint density at radius 1 is 1.18 bits per heavy atom. The highest BCUT2D eigenvalue weighted by atomic mass is 16.5. The van der Waals surface area contributed by atoms with Gasteiger partial charge in [-0.2, -0.15) is 0 Å². The van der Waals surface area contributed by atoms with Gasteiger partial charge in [-0.1, -0.05) is 18.2 Å². The number of fused-ring (bicyclic) bond motifs is 2. The van der Waals surface area contributed by atoms with Crippen molar-refractivity contribution in [2.24, 2.45) is 11.8 Å². The zero-order chi connectivity index (χ0) is 15.7. The average Bonchev–Trinajstić information content (AvgIpc) is 2.71. The molecule has 2 bridgehead atoms. The van der Waals surface area contributed by atoms with Crippen molar-refractivity contribution in [3.63, 3.8) is 0 Å². The minimum atomic E-state index is -1.07. The Morgan fingerprint density at radius 3 is 2.32 bits per heavy atom. The molecule has 2 heterocycles. The number of benzene rings is 1. The molecule has 1 N–H and O–H groups in total.